The van der Waals surface area contributed by atoms with Gasteiger partial charge in [-0.1, -0.05) is 30.3 Å². The van der Waals surface area contributed by atoms with E-state index in [-0.39, 0.29) is 18.2 Å². The number of nitrogens with two attached hydrogens (primary N) is 1. The lowest BCUT2D eigenvalue weighted by Crippen LogP contribution is -2.64. The predicted molar refractivity (Wildman–Crippen MR) is 60.8 cm³/mol. The van der Waals surface area contributed by atoms with Crippen molar-refractivity contribution in [2.45, 2.75) is 25.6 Å². The van der Waals surface area contributed by atoms with Crippen LogP contribution in [0.1, 0.15) is 12.5 Å². The van der Waals surface area contributed by atoms with Crippen LogP contribution in [0.3, 0.4) is 0 Å². The number of likely N-dealkylation sites (tertiary alicyclic amines) is 1. The first-order valence-electron chi connectivity index (χ1n) is 5.41. The lowest BCUT2D eigenvalue weighted by atomic mass is 10.0. The largest absolute Gasteiger partial charge is 0.445 e. The molecule has 2 N–H and O–H groups in total. The molecule has 0 aliphatic carbocycles. The fourth-order valence-electron chi connectivity index (χ4n) is 1.68. The summed E-state index contributed by atoms with van der Waals surface area (Å²) < 4.78 is 5.18. The number of hydrogen-bond donors (Lipinski definition) is 1. The first-order chi connectivity index (χ1) is 7.68. The molecule has 4 heteroatoms. The maximum atomic E-state index is 11.6. The molecule has 0 saturated carbocycles. The second-order valence-electron chi connectivity index (χ2n) is 4.10. The molecule has 0 spiro atoms. The summed E-state index contributed by atoms with van der Waals surface area (Å²) in [6.45, 7) is 2.84. The molecule has 1 aromatic carbocycles. The van der Waals surface area contributed by atoms with Gasteiger partial charge >= 0.3 is 6.09 Å². The van der Waals surface area contributed by atoms with Crippen LogP contribution >= 0.6 is 0 Å². The maximum Gasteiger partial charge on any atom is 0.410 e. The molecule has 4 nitrogen and oxygen atoms in total. The number of ether oxygens (including phenoxy) is 1. The van der Waals surface area contributed by atoms with E-state index in [0.717, 1.165) is 5.56 Å². The minimum Gasteiger partial charge on any atom is -0.445 e. The Kier molecular flexibility index (Phi) is 3.10. The summed E-state index contributed by atoms with van der Waals surface area (Å²) in [5, 5.41) is 0. The molecule has 0 unspecified atom stereocenters. The zero-order valence-electron chi connectivity index (χ0n) is 9.30. The molecule has 2 rings (SSSR count). The summed E-state index contributed by atoms with van der Waals surface area (Å²) in [5.41, 5.74) is 6.70. The Labute approximate surface area is 95.0 Å². The van der Waals surface area contributed by atoms with Gasteiger partial charge < -0.3 is 15.4 Å². The molecule has 16 heavy (non-hydrogen) atoms. The maximum absolute atomic E-state index is 11.6. The standard InChI is InChI=1S/C12H16N2O2/c1-9-11(13)7-14(9)12(15)16-8-10-5-3-2-4-6-10/h2-6,9,11H,7-8,13H2,1H3/t9-,11+/m1/s1. The molecular formula is C12H16N2O2. The molecule has 1 aromatic rings. The SMILES string of the molecule is C[C@@H]1[C@@H](N)CN1C(=O)OCc1ccccc1. The van der Waals surface area contributed by atoms with Crippen molar-refractivity contribution in [1.29, 1.82) is 0 Å². The molecule has 1 amide bonds. The highest BCUT2D eigenvalue weighted by Gasteiger charge is 2.36. The molecule has 1 aliphatic rings. The van der Waals surface area contributed by atoms with Crippen LogP contribution in [0.25, 0.3) is 0 Å². The van der Waals surface area contributed by atoms with Gasteiger partial charge in [-0.05, 0) is 12.5 Å². The van der Waals surface area contributed by atoms with Crippen LogP contribution in [0.15, 0.2) is 30.3 Å². The molecule has 1 aliphatic heterocycles. The van der Waals surface area contributed by atoms with Crippen molar-refractivity contribution < 1.29 is 9.53 Å². The molecule has 1 heterocycles. The summed E-state index contributed by atoms with van der Waals surface area (Å²) >= 11 is 0. The highest BCUT2D eigenvalue weighted by Crippen LogP contribution is 2.17. The van der Waals surface area contributed by atoms with E-state index in [0.29, 0.717) is 13.2 Å². The van der Waals surface area contributed by atoms with Crippen molar-refractivity contribution in [2.75, 3.05) is 6.54 Å². The number of amides is 1. The van der Waals surface area contributed by atoms with Crippen LogP contribution in [0, 0.1) is 0 Å². The van der Waals surface area contributed by atoms with Crippen LogP contribution in [0.4, 0.5) is 4.79 Å². The number of rotatable bonds is 2. The summed E-state index contributed by atoms with van der Waals surface area (Å²) in [5.74, 6) is 0. The average Bonchev–Trinajstić information content (AvgIpc) is 2.33. The Morgan fingerprint density at radius 2 is 2.19 bits per heavy atom. The minimum atomic E-state index is -0.280. The molecular weight excluding hydrogens is 204 g/mol. The van der Waals surface area contributed by atoms with E-state index in [1.54, 1.807) is 4.90 Å². The van der Waals surface area contributed by atoms with Gasteiger partial charge in [-0.15, -0.1) is 0 Å². The van der Waals surface area contributed by atoms with E-state index in [1.807, 2.05) is 37.3 Å². The Bertz CT molecular complexity index is 367. The van der Waals surface area contributed by atoms with Crippen molar-refractivity contribution in [3.05, 3.63) is 35.9 Å². The quantitative estimate of drug-likeness (QED) is 0.818. The normalized spacial score (nSPS) is 23.8. The molecule has 0 aromatic heterocycles. The Morgan fingerprint density at radius 3 is 2.75 bits per heavy atom. The third-order valence-electron chi connectivity index (χ3n) is 2.96. The highest BCUT2D eigenvalue weighted by molar-refractivity contribution is 5.69. The molecule has 0 bridgehead atoms. The van der Waals surface area contributed by atoms with Crippen molar-refractivity contribution in [2.24, 2.45) is 5.73 Å². The highest BCUT2D eigenvalue weighted by atomic mass is 16.6. The van der Waals surface area contributed by atoms with Gasteiger partial charge in [-0.3, -0.25) is 0 Å². The molecule has 86 valence electrons. The number of nitrogens with zero attached hydrogens (tertiary/aromatic N) is 1. The Balaban J connectivity index is 1.81. The number of hydrogen-bond acceptors (Lipinski definition) is 3. The fourth-order valence-corrected chi connectivity index (χ4v) is 1.68. The summed E-state index contributed by atoms with van der Waals surface area (Å²) in [7, 11) is 0. The number of benzene rings is 1. The smallest absolute Gasteiger partial charge is 0.410 e. The second-order valence-corrected chi connectivity index (χ2v) is 4.10. The average molecular weight is 220 g/mol. The van der Waals surface area contributed by atoms with E-state index < -0.39 is 0 Å². The van der Waals surface area contributed by atoms with Gasteiger partial charge in [0.25, 0.3) is 0 Å². The van der Waals surface area contributed by atoms with E-state index >= 15 is 0 Å². The summed E-state index contributed by atoms with van der Waals surface area (Å²) in [6.07, 6.45) is -0.280. The first-order valence-corrected chi connectivity index (χ1v) is 5.41. The summed E-state index contributed by atoms with van der Waals surface area (Å²) in [6, 6.07) is 9.81. The van der Waals surface area contributed by atoms with Crippen molar-refractivity contribution in [3.63, 3.8) is 0 Å². The van der Waals surface area contributed by atoms with Crippen LogP contribution < -0.4 is 5.73 Å². The summed E-state index contributed by atoms with van der Waals surface area (Å²) in [4.78, 5) is 13.2. The van der Waals surface area contributed by atoms with E-state index in [2.05, 4.69) is 0 Å². The van der Waals surface area contributed by atoms with Gasteiger partial charge in [0, 0.05) is 18.6 Å². The second kappa shape index (κ2) is 4.53. The number of carbonyl (C=O) groups is 1. The van der Waals surface area contributed by atoms with Crippen LogP contribution in [0.5, 0.6) is 0 Å². The van der Waals surface area contributed by atoms with E-state index in [4.69, 9.17) is 10.5 Å². The van der Waals surface area contributed by atoms with Gasteiger partial charge in [-0.25, -0.2) is 4.79 Å². The molecule has 1 fully saturated rings. The first kappa shape index (κ1) is 11.0. The zero-order chi connectivity index (χ0) is 11.5. The van der Waals surface area contributed by atoms with Crippen molar-refractivity contribution >= 4 is 6.09 Å². The lowest BCUT2D eigenvalue weighted by molar-refractivity contribution is 0.0374. The van der Waals surface area contributed by atoms with Gasteiger partial charge in [0.1, 0.15) is 6.61 Å². The van der Waals surface area contributed by atoms with Gasteiger partial charge in [0.2, 0.25) is 0 Å². The van der Waals surface area contributed by atoms with Gasteiger partial charge in [0.15, 0.2) is 0 Å². The van der Waals surface area contributed by atoms with E-state index in [9.17, 15) is 4.79 Å². The Hall–Kier alpha value is -1.55. The number of carbonyl (C=O) groups excluding carboxylic acids is 1. The lowest BCUT2D eigenvalue weighted by Gasteiger charge is -2.43. The monoisotopic (exact) mass is 220 g/mol. The minimum absolute atomic E-state index is 0.0864. The third-order valence-corrected chi connectivity index (χ3v) is 2.96. The van der Waals surface area contributed by atoms with Gasteiger partial charge in [0.05, 0.1) is 0 Å². The Morgan fingerprint density at radius 1 is 1.50 bits per heavy atom. The van der Waals surface area contributed by atoms with Gasteiger partial charge in [-0.2, -0.15) is 0 Å². The fraction of sp³-hybridized carbons (Fsp3) is 0.417. The molecule has 0 radical (unpaired) electrons. The van der Waals surface area contributed by atoms with Crippen molar-refractivity contribution in [3.8, 4) is 0 Å². The van der Waals surface area contributed by atoms with Crippen molar-refractivity contribution in [1.82, 2.24) is 4.90 Å². The molecule has 1 saturated heterocycles. The zero-order valence-corrected chi connectivity index (χ0v) is 9.30. The molecule has 2 atom stereocenters. The van der Waals surface area contributed by atoms with Crippen LogP contribution in [-0.4, -0.2) is 29.6 Å². The predicted octanol–water partition coefficient (Wildman–Crippen LogP) is 1.35. The van der Waals surface area contributed by atoms with Crippen LogP contribution in [0.2, 0.25) is 0 Å². The van der Waals surface area contributed by atoms with E-state index in [1.165, 1.54) is 0 Å². The third kappa shape index (κ3) is 2.17. The van der Waals surface area contributed by atoms with Crippen LogP contribution in [-0.2, 0) is 11.3 Å². The topological polar surface area (TPSA) is 55.6 Å².